The lowest BCUT2D eigenvalue weighted by Gasteiger charge is -2.55. The van der Waals surface area contributed by atoms with E-state index in [1.54, 1.807) is 11.8 Å². The molecule has 4 rings (SSSR count). The molecule has 1 saturated heterocycles. The monoisotopic (exact) mass is 256 g/mol. The molecule has 3 aliphatic carbocycles. The molecule has 17 heavy (non-hydrogen) atoms. The minimum Gasteiger partial charge on any atom is -0.481 e. The Hall–Kier alpha value is -0.220. The molecule has 2 N–H and O–H groups in total. The van der Waals surface area contributed by atoms with Crippen molar-refractivity contribution in [2.45, 2.75) is 44.1 Å². The molecule has 0 amide bonds. The summed E-state index contributed by atoms with van der Waals surface area (Å²) in [6, 6.07) is 0. The predicted molar refractivity (Wildman–Crippen MR) is 67.0 cm³/mol. The highest BCUT2D eigenvalue weighted by Crippen LogP contribution is 2.60. The molecule has 0 radical (unpaired) electrons. The first kappa shape index (κ1) is 11.8. The van der Waals surface area contributed by atoms with E-state index in [0.29, 0.717) is 24.5 Å². The number of hydrogen-bond acceptors (Lipinski definition) is 3. The van der Waals surface area contributed by atoms with Gasteiger partial charge in [0.15, 0.2) is 0 Å². The molecule has 1 heterocycles. The molecule has 4 heteroatoms. The van der Waals surface area contributed by atoms with Crippen molar-refractivity contribution in [2.75, 3.05) is 11.5 Å². The lowest BCUT2D eigenvalue weighted by atomic mass is 9.50. The summed E-state index contributed by atoms with van der Waals surface area (Å²) in [7, 11) is 0. The number of fused-ring (bicyclic) bond motifs is 3. The van der Waals surface area contributed by atoms with E-state index in [-0.39, 0.29) is 5.92 Å². The van der Waals surface area contributed by atoms with Gasteiger partial charge in [-0.15, -0.1) is 0 Å². The van der Waals surface area contributed by atoms with Crippen LogP contribution in [0.4, 0.5) is 0 Å². The topological polar surface area (TPSA) is 57.5 Å². The van der Waals surface area contributed by atoms with Crippen LogP contribution < -0.4 is 0 Å². The van der Waals surface area contributed by atoms with Gasteiger partial charge in [0.05, 0.1) is 5.60 Å². The molecule has 2 unspecified atom stereocenters. The Balaban J connectivity index is 2.01. The summed E-state index contributed by atoms with van der Waals surface area (Å²) in [6.07, 6.45) is 5.72. The van der Waals surface area contributed by atoms with Crippen LogP contribution in [0.3, 0.4) is 0 Å². The maximum atomic E-state index is 11.9. The van der Waals surface area contributed by atoms with Gasteiger partial charge in [-0.1, -0.05) is 12.8 Å². The zero-order valence-electron chi connectivity index (χ0n) is 10.0. The summed E-state index contributed by atoms with van der Waals surface area (Å²) in [5, 5.41) is 20.6. The Bertz CT molecular complexity index is 330. The van der Waals surface area contributed by atoms with Crippen molar-refractivity contribution in [3.63, 3.8) is 0 Å². The fourth-order valence-electron chi connectivity index (χ4n) is 4.42. The van der Waals surface area contributed by atoms with Gasteiger partial charge in [0.2, 0.25) is 0 Å². The number of carbonyl (C=O) groups is 1. The van der Waals surface area contributed by atoms with Gasteiger partial charge < -0.3 is 10.2 Å². The molecule has 4 aliphatic rings. The smallest absolute Gasteiger partial charge is 0.312 e. The van der Waals surface area contributed by atoms with Gasteiger partial charge in [-0.2, -0.15) is 11.8 Å². The van der Waals surface area contributed by atoms with E-state index >= 15 is 0 Å². The van der Waals surface area contributed by atoms with Gasteiger partial charge in [0.25, 0.3) is 0 Å². The third-order valence-corrected chi connectivity index (χ3v) is 6.54. The first-order chi connectivity index (χ1) is 8.08. The highest BCUT2D eigenvalue weighted by Gasteiger charge is 2.64. The first-order valence-corrected chi connectivity index (χ1v) is 7.77. The highest BCUT2D eigenvalue weighted by molar-refractivity contribution is 7.99. The number of aliphatic carboxylic acids is 1. The van der Waals surface area contributed by atoms with Crippen LogP contribution >= 0.6 is 11.8 Å². The molecule has 0 aromatic rings. The van der Waals surface area contributed by atoms with Crippen molar-refractivity contribution in [1.29, 1.82) is 0 Å². The van der Waals surface area contributed by atoms with Crippen molar-refractivity contribution in [3.8, 4) is 0 Å². The number of thioether (sulfide) groups is 1. The van der Waals surface area contributed by atoms with E-state index in [1.165, 1.54) is 12.8 Å². The average molecular weight is 256 g/mol. The Kier molecular flexibility index (Phi) is 2.71. The van der Waals surface area contributed by atoms with E-state index < -0.39 is 17.0 Å². The fourth-order valence-corrected chi connectivity index (χ4v) is 5.78. The summed E-state index contributed by atoms with van der Waals surface area (Å²) >= 11 is 1.70. The van der Waals surface area contributed by atoms with E-state index in [4.69, 9.17) is 0 Å². The molecule has 2 bridgehead atoms. The minimum absolute atomic E-state index is 0.202. The van der Waals surface area contributed by atoms with Crippen LogP contribution in [-0.4, -0.2) is 33.3 Å². The number of hydrogen-bond donors (Lipinski definition) is 2. The molecule has 0 spiro atoms. The van der Waals surface area contributed by atoms with E-state index in [9.17, 15) is 15.0 Å². The van der Waals surface area contributed by atoms with E-state index in [2.05, 4.69) is 0 Å². The Morgan fingerprint density at radius 1 is 1.24 bits per heavy atom. The summed E-state index contributed by atoms with van der Waals surface area (Å²) in [5.41, 5.74) is -1.79. The van der Waals surface area contributed by atoms with Gasteiger partial charge >= 0.3 is 5.97 Å². The third-order valence-electron chi connectivity index (χ3n) is 5.37. The van der Waals surface area contributed by atoms with Crippen LogP contribution in [0.5, 0.6) is 0 Å². The lowest BCUT2D eigenvalue weighted by Crippen LogP contribution is -2.61. The predicted octanol–water partition coefficient (Wildman–Crippen LogP) is 2.14. The standard InChI is InChI=1S/C13H20O3S/c14-11(15)13(12(16)5-6-17-8-12)7-9-1-3-10(13)4-2-9/h9-10,16H,1-8H2,(H,14,15). The summed E-state index contributed by atoms with van der Waals surface area (Å²) < 4.78 is 0. The first-order valence-electron chi connectivity index (χ1n) is 6.62. The van der Waals surface area contributed by atoms with Gasteiger partial charge in [0, 0.05) is 5.75 Å². The summed E-state index contributed by atoms with van der Waals surface area (Å²) in [5.74, 6) is 1.52. The number of carboxylic acid groups (broad SMARTS) is 1. The summed E-state index contributed by atoms with van der Waals surface area (Å²) in [4.78, 5) is 11.9. The minimum atomic E-state index is -0.951. The molecular formula is C13H20O3S. The number of aliphatic hydroxyl groups is 1. The van der Waals surface area contributed by atoms with Crippen molar-refractivity contribution in [3.05, 3.63) is 0 Å². The molecule has 3 nitrogen and oxygen atoms in total. The van der Waals surface area contributed by atoms with Crippen LogP contribution in [0.25, 0.3) is 0 Å². The van der Waals surface area contributed by atoms with Crippen molar-refractivity contribution in [1.82, 2.24) is 0 Å². The Labute approximate surface area is 106 Å². The molecule has 3 saturated carbocycles. The molecule has 0 aromatic carbocycles. The van der Waals surface area contributed by atoms with Crippen molar-refractivity contribution < 1.29 is 15.0 Å². The van der Waals surface area contributed by atoms with Gasteiger partial charge in [-0.05, 0) is 43.3 Å². The maximum absolute atomic E-state index is 11.9. The van der Waals surface area contributed by atoms with Crippen LogP contribution in [0.1, 0.15) is 38.5 Å². The van der Waals surface area contributed by atoms with Gasteiger partial charge in [-0.3, -0.25) is 4.79 Å². The lowest BCUT2D eigenvalue weighted by molar-refractivity contribution is -0.192. The van der Waals surface area contributed by atoms with Crippen molar-refractivity contribution in [2.24, 2.45) is 17.3 Å². The van der Waals surface area contributed by atoms with Gasteiger partial charge in [-0.25, -0.2) is 0 Å². The number of carboxylic acids is 1. The maximum Gasteiger partial charge on any atom is 0.312 e. The third kappa shape index (κ3) is 1.49. The van der Waals surface area contributed by atoms with Crippen LogP contribution in [0.15, 0.2) is 0 Å². The zero-order chi connectivity index (χ0) is 12.1. The molecule has 4 fully saturated rings. The Morgan fingerprint density at radius 3 is 2.35 bits per heavy atom. The second kappa shape index (κ2) is 3.89. The van der Waals surface area contributed by atoms with Crippen LogP contribution in [0, 0.1) is 17.3 Å². The van der Waals surface area contributed by atoms with E-state index in [0.717, 1.165) is 18.6 Å². The SMILES string of the molecule is O=C(O)C1(C2(O)CCSC2)CC2CCC1CC2. The normalized spacial score (nSPS) is 49.5. The molecule has 1 aliphatic heterocycles. The molecule has 96 valence electrons. The largest absolute Gasteiger partial charge is 0.481 e. The summed E-state index contributed by atoms with van der Waals surface area (Å²) in [6.45, 7) is 0. The Morgan fingerprint density at radius 2 is 1.94 bits per heavy atom. The molecular weight excluding hydrogens is 236 g/mol. The van der Waals surface area contributed by atoms with Crippen molar-refractivity contribution >= 4 is 17.7 Å². The second-order valence-corrected chi connectivity index (χ2v) is 7.14. The zero-order valence-corrected chi connectivity index (χ0v) is 10.8. The van der Waals surface area contributed by atoms with Crippen LogP contribution in [-0.2, 0) is 4.79 Å². The van der Waals surface area contributed by atoms with E-state index in [1.807, 2.05) is 0 Å². The molecule has 2 atom stereocenters. The molecule has 0 aromatic heterocycles. The fraction of sp³-hybridized carbons (Fsp3) is 0.923. The highest BCUT2D eigenvalue weighted by atomic mass is 32.2. The van der Waals surface area contributed by atoms with Gasteiger partial charge in [0.1, 0.15) is 5.41 Å². The number of rotatable bonds is 2. The van der Waals surface area contributed by atoms with Crippen LogP contribution in [0.2, 0.25) is 0 Å². The second-order valence-electron chi connectivity index (χ2n) is 6.03. The quantitative estimate of drug-likeness (QED) is 0.794. The average Bonchev–Trinajstić information content (AvgIpc) is 2.78.